The van der Waals surface area contributed by atoms with Crippen LogP contribution in [0.1, 0.15) is 30.4 Å². The first kappa shape index (κ1) is 15.3. The Kier molecular flexibility index (Phi) is 5.47. The molecule has 1 aromatic rings. The van der Waals surface area contributed by atoms with Gasteiger partial charge in [-0.2, -0.15) is 13.2 Å². The van der Waals surface area contributed by atoms with Crippen molar-refractivity contribution in [2.24, 2.45) is 0 Å². The van der Waals surface area contributed by atoms with E-state index in [1.165, 1.54) is 18.6 Å². The van der Waals surface area contributed by atoms with Crippen LogP contribution < -0.4 is 5.32 Å². The molecule has 1 heterocycles. The molecule has 1 aliphatic rings. The van der Waals surface area contributed by atoms with E-state index in [4.69, 9.17) is 0 Å². The predicted octanol–water partition coefficient (Wildman–Crippen LogP) is 3.81. The van der Waals surface area contributed by atoms with Crippen molar-refractivity contribution in [3.63, 3.8) is 0 Å². The fraction of sp³-hybridized carbons (Fsp3) is 0.538. The van der Waals surface area contributed by atoms with E-state index in [-0.39, 0.29) is 12.4 Å². The highest BCUT2D eigenvalue weighted by molar-refractivity contribution is 5.85. The lowest BCUT2D eigenvalue weighted by molar-refractivity contribution is -0.137. The molecule has 1 saturated heterocycles. The summed E-state index contributed by atoms with van der Waals surface area (Å²) in [6.45, 7) is 0.976. The maximum absolute atomic E-state index is 12.5. The van der Waals surface area contributed by atoms with Crippen LogP contribution in [0.15, 0.2) is 24.3 Å². The highest BCUT2D eigenvalue weighted by atomic mass is 35.5. The van der Waals surface area contributed by atoms with Crippen molar-refractivity contribution in [1.29, 1.82) is 0 Å². The molecule has 0 bridgehead atoms. The third-order valence-corrected chi connectivity index (χ3v) is 3.15. The maximum atomic E-state index is 12.5. The molecule has 0 aliphatic carbocycles. The molecular weight excluding hydrogens is 263 g/mol. The summed E-state index contributed by atoms with van der Waals surface area (Å²) in [5, 5.41) is 3.34. The van der Waals surface area contributed by atoms with Crippen LogP contribution in [0.2, 0.25) is 0 Å². The molecule has 1 aliphatic heterocycles. The van der Waals surface area contributed by atoms with Gasteiger partial charge in [-0.1, -0.05) is 24.6 Å². The summed E-state index contributed by atoms with van der Waals surface area (Å²) < 4.78 is 37.6. The standard InChI is InChI=1S/C13H16F3N.ClH/c14-13(15,16)11-5-3-4-10(8-11)9-12-6-1-2-7-17-12;/h3-5,8,12,17H,1-2,6-7,9H2;1H/t12-;/m1./s1. The summed E-state index contributed by atoms with van der Waals surface area (Å²) in [5.74, 6) is 0. The lowest BCUT2D eigenvalue weighted by atomic mass is 9.97. The summed E-state index contributed by atoms with van der Waals surface area (Å²) in [7, 11) is 0. The number of piperidine rings is 1. The minimum atomic E-state index is -4.24. The van der Waals surface area contributed by atoms with Crippen LogP contribution in [0.3, 0.4) is 0 Å². The molecule has 0 radical (unpaired) electrons. The van der Waals surface area contributed by atoms with Gasteiger partial charge in [0.05, 0.1) is 5.56 Å². The highest BCUT2D eigenvalue weighted by Gasteiger charge is 2.30. The Labute approximate surface area is 111 Å². The van der Waals surface area contributed by atoms with E-state index in [1.807, 2.05) is 0 Å². The quantitative estimate of drug-likeness (QED) is 0.868. The first-order chi connectivity index (χ1) is 8.05. The Morgan fingerprint density at radius 1 is 1.22 bits per heavy atom. The second-order valence-electron chi connectivity index (χ2n) is 4.55. The van der Waals surface area contributed by atoms with Gasteiger partial charge in [0.1, 0.15) is 0 Å². The van der Waals surface area contributed by atoms with E-state index in [0.29, 0.717) is 12.5 Å². The molecule has 0 amide bonds. The average Bonchev–Trinajstić information content (AvgIpc) is 2.29. The van der Waals surface area contributed by atoms with Gasteiger partial charge in [0.25, 0.3) is 0 Å². The zero-order valence-electron chi connectivity index (χ0n) is 9.96. The van der Waals surface area contributed by atoms with Crippen molar-refractivity contribution in [3.8, 4) is 0 Å². The molecule has 1 aromatic carbocycles. The second kappa shape index (κ2) is 6.43. The van der Waals surface area contributed by atoms with Crippen molar-refractivity contribution >= 4 is 12.4 Å². The van der Waals surface area contributed by atoms with Gasteiger partial charge in [0.2, 0.25) is 0 Å². The second-order valence-corrected chi connectivity index (χ2v) is 4.55. The van der Waals surface area contributed by atoms with Gasteiger partial charge in [0.15, 0.2) is 0 Å². The molecular formula is C13H17ClF3N. The first-order valence-corrected chi connectivity index (χ1v) is 5.95. The van der Waals surface area contributed by atoms with E-state index >= 15 is 0 Å². The van der Waals surface area contributed by atoms with Gasteiger partial charge in [-0.25, -0.2) is 0 Å². The summed E-state index contributed by atoms with van der Waals surface area (Å²) in [4.78, 5) is 0. The minimum absolute atomic E-state index is 0. The van der Waals surface area contributed by atoms with Crippen molar-refractivity contribution in [1.82, 2.24) is 5.32 Å². The molecule has 102 valence electrons. The number of alkyl halides is 3. The topological polar surface area (TPSA) is 12.0 Å². The lowest BCUT2D eigenvalue weighted by Crippen LogP contribution is -2.35. The van der Waals surface area contributed by atoms with E-state index in [0.717, 1.165) is 31.0 Å². The number of nitrogens with one attached hydrogen (secondary N) is 1. The molecule has 0 unspecified atom stereocenters. The van der Waals surface area contributed by atoms with Gasteiger partial charge in [-0.15, -0.1) is 12.4 Å². The van der Waals surface area contributed by atoms with E-state index in [1.54, 1.807) is 6.07 Å². The Hall–Kier alpha value is -0.740. The van der Waals surface area contributed by atoms with Crippen molar-refractivity contribution < 1.29 is 13.2 Å². The largest absolute Gasteiger partial charge is 0.416 e. The van der Waals surface area contributed by atoms with Crippen molar-refractivity contribution in [3.05, 3.63) is 35.4 Å². The predicted molar refractivity (Wildman–Crippen MR) is 68.0 cm³/mol. The van der Waals surface area contributed by atoms with Gasteiger partial charge in [-0.05, 0) is 37.4 Å². The fourth-order valence-electron chi connectivity index (χ4n) is 2.26. The Bertz CT molecular complexity index is 373. The molecule has 1 nitrogen and oxygen atoms in total. The Morgan fingerprint density at radius 3 is 2.61 bits per heavy atom. The summed E-state index contributed by atoms with van der Waals surface area (Å²) >= 11 is 0. The zero-order valence-corrected chi connectivity index (χ0v) is 10.8. The average molecular weight is 280 g/mol. The molecule has 0 spiro atoms. The SMILES string of the molecule is Cl.FC(F)(F)c1cccc(C[C@H]2CCCCN2)c1. The summed E-state index contributed by atoms with van der Waals surface area (Å²) in [6.07, 6.45) is -0.175. The van der Waals surface area contributed by atoms with Gasteiger partial charge < -0.3 is 5.32 Å². The molecule has 1 N–H and O–H groups in total. The van der Waals surface area contributed by atoms with Gasteiger partial charge in [-0.3, -0.25) is 0 Å². The molecule has 2 rings (SSSR count). The molecule has 0 aromatic heterocycles. The smallest absolute Gasteiger partial charge is 0.314 e. The Morgan fingerprint density at radius 2 is 2.00 bits per heavy atom. The van der Waals surface area contributed by atoms with Crippen LogP contribution in [0, 0.1) is 0 Å². The fourth-order valence-corrected chi connectivity index (χ4v) is 2.26. The number of benzene rings is 1. The third kappa shape index (κ3) is 4.18. The van der Waals surface area contributed by atoms with Crippen molar-refractivity contribution in [2.45, 2.75) is 37.9 Å². The number of hydrogen-bond donors (Lipinski definition) is 1. The minimum Gasteiger partial charge on any atom is -0.314 e. The van der Waals surface area contributed by atoms with E-state index < -0.39 is 11.7 Å². The lowest BCUT2D eigenvalue weighted by Gasteiger charge is -2.23. The van der Waals surface area contributed by atoms with Crippen LogP contribution in [-0.2, 0) is 12.6 Å². The van der Waals surface area contributed by atoms with Crippen molar-refractivity contribution in [2.75, 3.05) is 6.54 Å². The monoisotopic (exact) mass is 279 g/mol. The molecule has 1 atom stereocenters. The summed E-state index contributed by atoms with van der Waals surface area (Å²) in [5.41, 5.74) is 0.213. The number of rotatable bonds is 2. The van der Waals surface area contributed by atoms with Crippen LogP contribution in [0.25, 0.3) is 0 Å². The first-order valence-electron chi connectivity index (χ1n) is 5.95. The molecule has 1 fully saturated rings. The summed E-state index contributed by atoms with van der Waals surface area (Å²) in [6, 6.07) is 5.97. The van der Waals surface area contributed by atoms with Crippen LogP contribution in [0.4, 0.5) is 13.2 Å². The normalized spacial score (nSPS) is 20.3. The third-order valence-electron chi connectivity index (χ3n) is 3.15. The Balaban J connectivity index is 0.00000162. The maximum Gasteiger partial charge on any atom is 0.416 e. The van der Waals surface area contributed by atoms with Gasteiger partial charge >= 0.3 is 6.18 Å². The highest BCUT2D eigenvalue weighted by Crippen LogP contribution is 2.29. The van der Waals surface area contributed by atoms with Crippen LogP contribution >= 0.6 is 12.4 Å². The number of hydrogen-bond acceptors (Lipinski definition) is 1. The van der Waals surface area contributed by atoms with E-state index in [9.17, 15) is 13.2 Å². The molecule has 0 saturated carbocycles. The number of halogens is 4. The van der Waals surface area contributed by atoms with Crippen LogP contribution in [0.5, 0.6) is 0 Å². The van der Waals surface area contributed by atoms with E-state index in [2.05, 4.69) is 5.32 Å². The van der Waals surface area contributed by atoms with Gasteiger partial charge in [0, 0.05) is 6.04 Å². The molecule has 18 heavy (non-hydrogen) atoms. The zero-order chi connectivity index (χ0) is 12.3. The molecule has 5 heteroatoms. The van der Waals surface area contributed by atoms with Crippen LogP contribution in [-0.4, -0.2) is 12.6 Å².